The Labute approximate surface area is 286 Å². The van der Waals surface area contributed by atoms with E-state index in [2.05, 4.69) is 27.9 Å². The van der Waals surface area contributed by atoms with Crippen LogP contribution in [0.3, 0.4) is 0 Å². The van der Waals surface area contributed by atoms with Crippen LogP contribution in [0.25, 0.3) is 11.0 Å². The first-order valence-corrected chi connectivity index (χ1v) is 17.5. The summed E-state index contributed by atoms with van der Waals surface area (Å²) >= 11 is 2.10. The number of fused-ring (bicyclic) bond motifs is 1. The van der Waals surface area contributed by atoms with Crippen LogP contribution in [0.15, 0.2) is 82.5 Å². The van der Waals surface area contributed by atoms with E-state index in [0.29, 0.717) is 34.7 Å². The Kier molecular flexibility index (Phi) is 9.69. The molecule has 2 heterocycles. The number of imidazole rings is 1. The van der Waals surface area contributed by atoms with Crippen molar-refractivity contribution in [3.63, 3.8) is 0 Å². The van der Waals surface area contributed by atoms with Crippen LogP contribution in [0, 0.1) is 11.3 Å². The summed E-state index contributed by atoms with van der Waals surface area (Å²) in [5.74, 6) is -0.0434. The zero-order chi connectivity index (χ0) is 34.1. The predicted octanol–water partition coefficient (Wildman–Crippen LogP) is 4.79. The van der Waals surface area contributed by atoms with Gasteiger partial charge in [0.25, 0.3) is 15.9 Å². The summed E-state index contributed by atoms with van der Waals surface area (Å²) < 4.78 is 40.0. The van der Waals surface area contributed by atoms with Crippen LogP contribution in [0.5, 0.6) is 5.75 Å². The van der Waals surface area contributed by atoms with Crippen molar-refractivity contribution in [1.29, 1.82) is 5.26 Å². The Morgan fingerprint density at radius 2 is 1.72 bits per heavy atom. The molecule has 3 unspecified atom stereocenters. The number of nitriles is 1. The quantitative estimate of drug-likeness (QED) is 0.160. The molecule has 5 rings (SSSR count). The van der Waals surface area contributed by atoms with E-state index in [9.17, 15) is 28.1 Å². The van der Waals surface area contributed by atoms with Gasteiger partial charge in [-0.2, -0.15) is 9.23 Å². The summed E-state index contributed by atoms with van der Waals surface area (Å²) in [4.78, 5) is 43.2. The van der Waals surface area contributed by atoms with E-state index in [1.807, 2.05) is 6.07 Å². The fourth-order valence-corrected chi connectivity index (χ4v) is 8.07. The van der Waals surface area contributed by atoms with E-state index in [-0.39, 0.29) is 21.5 Å². The number of benzene rings is 3. The van der Waals surface area contributed by atoms with E-state index >= 15 is 0 Å². The van der Waals surface area contributed by atoms with Gasteiger partial charge in [-0.1, -0.05) is 52.9 Å². The van der Waals surface area contributed by atoms with Gasteiger partial charge in [-0.3, -0.25) is 9.36 Å². The molecule has 1 aliphatic heterocycles. The maximum Gasteiger partial charge on any atom is 0.407 e. The minimum absolute atomic E-state index is 0.00712. The molecule has 0 spiro atoms. The van der Waals surface area contributed by atoms with Crippen molar-refractivity contribution >= 4 is 55.6 Å². The summed E-state index contributed by atoms with van der Waals surface area (Å²) in [6.07, 6.45) is 0.552. The van der Waals surface area contributed by atoms with Gasteiger partial charge in [-0.25, -0.2) is 18.0 Å². The van der Waals surface area contributed by atoms with E-state index in [0.717, 1.165) is 4.57 Å². The van der Waals surface area contributed by atoms with Crippen LogP contribution < -0.4 is 15.7 Å². The lowest BCUT2D eigenvalue weighted by Crippen LogP contribution is -2.56. The SMILES string of the molecule is COc1ccc(S(=O)(=O)n2c(=O)n(C(C(=O)N3CCCC(NC(=O)OC(C)(C)C)C3I)c3ccccc3)c3cc(C#N)ccc32)cc1. The van der Waals surface area contributed by atoms with E-state index in [1.165, 1.54) is 49.6 Å². The van der Waals surface area contributed by atoms with Gasteiger partial charge in [0.15, 0.2) is 0 Å². The van der Waals surface area contributed by atoms with Crippen LogP contribution in [0.1, 0.15) is 50.8 Å². The summed E-state index contributed by atoms with van der Waals surface area (Å²) in [5.41, 5.74) is -0.966. The third-order valence-corrected chi connectivity index (χ3v) is 10.9. The molecule has 3 atom stereocenters. The molecular weight excluding hydrogens is 737 g/mol. The molecule has 14 heteroatoms. The van der Waals surface area contributed by atoms with Gasteiger partial charge < -0.3 is 19.7 Å². The van der Waals surface area contributed by atoms with Gasteiger partial charge in [0.1, 0.15) is 21.4 Å². The topological polar surface area (TPSA) is 153 Å². The molecule has 246 valence electrons. The number of rotatable bonds is 7. The molecule has 1 N–H and O–H groups in total. The first-order chi connectivity index (χ1) is 22.3. The highest BCUT2D eigenvalue weighted by atomic mass is 127. The second-order valence-electron chi connectivity index (χ2n) is 12.0. The Morgan fingerprint density at radius 3 is 2.34 bits per heavy atom. The number of nitrogens with zero attached hydrogens (tertiary/aromatic N) is 4. The molecule has 3 aromatic carbocycles. The molecule has 12 nitrogen and oxygen atoms in total. The van der Waals surface area contributed by atoms with Crippen LogP contribution >= 0.6 is 22.6 Å². The lowest BCUT2D eigenvalue weighted by Gasteiger charge is -2.40. The molecule has 0 saturated carbocycles. The summed E-state index contributed by atoms with van der Waals surface area (Å²) in [6.45, 7) is 5.62. The predicted molar refractivity (Wildman–Crippen MR) is 183 cm³/mol. The zero-order valence-corrected chi connectivity index (χ0v) is 29.2. The number of likely N-dealkylation sites (tertiary alicyclic amines) is 1. The van der Waals surface area contributed by atoms with Crippen molar-refractivity contribution in [1.82, 2.24) is 18.8 Å². The van der Waals surface area contributed by atoms with Crippen molar-refractivity contribution in [2.75, 3.05) is 13.7 Å². The molecule has 4 aromatic rings. The zero-order valence-electron chi connectivity index (χ0n) is 26.2. The summed E-state index contributed by atoms with van der Waals surface area (Å²) in [7, 11) is -3.03. The van der Waals surface area contributed by atoms with Crippen LogP contribution in [0.2, 0.25) is 0 Å². The van der Waals surface area contributed by atoms with Gasteiger partial charge in [0, 0.05) is 6.54 Å². The molecule has 1 aromatic heterocycles. The number of hydrogen-bond acceptors (Lipinski definition) is 8. The average molecular weight is 772 g/mol. The summed E-state index contributed by atoms with van der Waals surface area (Å²) in [6, 6.07) is 18.7. The van der Waals surface area contributed by atoms with Crippen molar-refractivity contribution in [3.05, 3.63) is 94.4 Å². The van der Waals surface area contributed by atoms with Gasteiger partial charge >= 0.3 is 11.8 Å². The number of piperidine rings is 1. The molecule has 0 bridgehead atoms. The fourth-order valence-electron chi connectivity index (χ4n) is 5.58. The number of carbonyl (C=O) groups excluding carboxylic acids is 2. The number of hydrogen-bond donors (Lipinski definition) is 1. The number of methoxy groups -OCH3 is 1. The van der Waals surface area contributed by atoms with Crippen LogP contribution in [-0.2, 0) is 19.6 Å². The fraction of sp³-hybridized carbons (Fsp3) is 0.333. The highest BCUT2D eigenvalue weighted by molar-refractivity contribution is 14.1. The van der Waals surface area contributed by atoms with E-state index in [4.69, 9.17) is 9.47 Å². The third-order valence-electron chi connectivity index (χ3n) is 7.70. The molecule has 0 aliphatic carbocycles. The van der Waals surface area contributed by atoms with Gasteiger partial charge in [-0.15, -0.1) is 0 Å². The highest BCUT2D eigenvalue weighted by Crippen LogP contribution is 2.32. The Bertz CT molecular complexity index is 2010. The second kappa shape index (κ2) is 13.4. The number of ether oxygens (including phenoxy) is 2. The van der Waals surface area contributed by atoms with Crippen LogP contribution in [0.4, 0.5) is 4.79 Å². The van der Waals surface area contributed by atoms with Crippen molar-refractivity contribution in [2.24, 2.45) is 0 Å². The van der Waals surface area contributed by atoms with Gasteiger partial charge in [0.05, 0.1) is 40.7 Å². The standard InChI is InChI=1S/C33H34IN5O7S/c1-33(2,3)46-31(41)36-25-11-8-18-37(29(25)34)30(40)28(22-9-6-5-7-10-22)38-27-19-21(20-35)12-17-26(27)39(32(38)42)47(43,44)24-15-13-23(45-4)14-16-24/h5-7,9-10,12-17,19,25,28-29H,8,11,18H2,1-4H3,(H,36,41). The highest BCUT2D eigenvalue weighted by Gasteiger charge is 2.40. The Balaban J connectivity index is 1.66. The number of alkyl carbamates (subject to hydrolysis) is 1. The number of aromatic nitrogens is 2. The molecule has 1 aliphatic rings. The van der Waals surface area contributed by atoms with E-state index < -0.39 is 49.4 Å². The van der Waals surface area contributed by atoms with Gasteiger partial charge in [0.2, 0.25) is 0 Å². The minimum Gasteiger partial charge on any atom is -0.497 e. The smallest absolute Gasteiger partial charge is 0.407 e. The first-order valence-electron chi connectivity index (χ1n) is 14.8. The molecule has 0 radical (unpaired) electrons. The molecule has 2 amide bonds. The average Bonchev–Trinajstić information content (AvgIpc) is 3.33. The second-order valence-corrected chi connectivity index (χ2v) is 15.1. The molecule has 1 saturated heterocycles. The Morgan fingerprint density at radius 1 is 1.04 bits per heavy atom. The number of nitrogens with one attached hydrogen (secondary N) is 1. The number of alkyl halides is 1. The minimum atomic E-state index is -4.48. The normalized spacial score (nSPS) is 17.5. The maximum atomic E-state index is 14.7. The molecule has 47 heavy (non-hydrogen) atoms. The molecule has 1 fully saturated rings. The van der Waals surface area contributed by atoms with Crippen LogP contribution in [-0.4, -0.2) is 63.2 Å². The number of halogens is 1. The van der Waals surface area contributed by atoms with Crippen molar-refractivity contribution in [3.8, 4) is 11.8 Å². The number of carbonyl (C=O) groups is 2. The first kappa shape index (κ1) is 34.0. The Hall–Kier alpha value is -4.36. The van der Waals surface area contributed by atoms with E-state index in [1.54, 1.807) is 56.0 Å². The number of amides is 2. The lowest BCUT2D eigenvalue weighted by molar-refractivity contribution is -0.135. The summed E-state index contributed by atoms with van der Waals surface area (Å²) in [5, 5.41) is 12.6. The third kappa shape index (κ3) is 6.86. The maximum absolute atomic E-state index is 14.7. The lowest BCUT2D eigenvalue weighted by atomic mass is 10.0. The van der Waals surface area contributed by atoms with Gasteiger partial charge in [-0.05, 0) is 81.6 Å². The monoisotopic (exact) mass is 771 g/mol. The van der Waals surface area contributed by atoms with Crippen molar-refractivity contribution < 1.29 is 27.5 Å². The molecular formula is C33H34IN5O7S. The largest absolute Gasteiger partial charge is 0.497 e. The van der Waals surface area contributed by atoms with Crippen molar-refractivity contribution in [2.45, 2.75) is 60.2 Å².